The van der Waals surface area contributed by atoms with Gasteiger partial charge in [0.2, 0.25) is 0 Å². The van der Waals surface area contributed by atoms with Gasteiger partial charge in [0.05, 0.1) is 22.9 Å². The Morgan fingerprint density at radius 2 is 2.28 bits per heavy atom. The molecular formula is C14H17FN2O. The Morgan fingerprint density at radius 3 is 2.89 bits per heavy atom. The van der Waals surface area contributed by atoms with E-state index in [-0.39, 0.29) is 17.5 Å². The number of halogens is 1. The van der Waals surface area contributed by atoms with Gasteiger partial charge < -0.3 is 10.1 Å². The molecule has 1 fully saturated rings. The third kappa shape index (κ3) is 2.99. The minimum absolute atomic E-state index is 0.168. The number of benzene rings is 1. The second-order valence-corrected chi connectivity index (χ2v) is 5.25. The van der Waals surface area contributed by atoms with Crippen LogP contribution in [0.15, 0.2) is 18.2 Å². The van der Waals surface area contributed by atoms with Crippen molar-refractivity contribution in [3.05, 3.63) is 29.6 Å². The summed E-state index contributed by atoms with van der Waals surface area (Å²) in [6.45, 7) is 4.76. The number of nitrogens with zero attached hydrogens (tertiary/aromatic N) is 1. The minimum Gasteiger partial charge on any atom is -0.380 e. The van der Waals surface area contributed by atoms with Crippen molar-refractivity contribution in [2.45, 2.75) is 38.3 Å². The molecule has 4 heteroatoms. The lowest BCUT2D eigenvalue weighted by Crippen LogP contribution is -2.40. The van der Waals surface area contributed by atoms with E-state index in [0.717, 1.165) is 12.8 Å². The molecule has 0 amide bonds. The number of nitrogens with one attached hydrogen (secondary N) is 1. The predicted molar refractivity (Wildman–Crippen MR) is 67.8 cm³/mol. The first kappa shape index (κ1) is 12.8. The van der Waals surface area contributed by atoms with Crippen LogP contribution in [0.5, 0.6) is 0 Å². The maximum Gasteiger partial charge on any atom is 0.147 e. The van der Waals surface area contributed by atoms with Gasteiger partial charge in [-0.1, -0.05) is 0 Å². The van der Waals surface area contributed by atoms with Crippen LogP contribution < -0.4 is 5.32 Å². The van der Waals surface area contributed by atoms with E-state index in [1.54, 1.807) is 12.1 Å². The highest BCUT2D eigenvalue weighted by Crippen LogP contribution is 2.27. The highest BCUT2D eigenvalue weighted by atomic mass is 19.1. The van der Waals surface area contributed by atoms with E-state index >= 15 is 0 Å². The molecule has 0 spiro atoms. The normalized spacial score (nSPS) is 22.2. The van der Waals surface area contributed by atoms with Gasteiger partial charge in [0, 0.05) is 12.6 Å². The summed E-state index contributed by atoms with van der Waals surface area (Å²) in [5, 5.41) is 11.9. The van der Waals surface area contributed by atoms with Gasteiger partial charge in [-0.15, -0.1) is 0 Å². The van der Waals surface area contributed by atoms with E-state index in [9.17, 15) is 4.39 Å². The van der Waals surface area contributed by atoms with Crippen LogP contribution >= 0.6 is 0 Å². The second-order valence-electron chi connectivity index (χ2n) is 5.25. The summed E-state index contributed by atoms with van der Waals surface area (Å²) in [4.78, 5) is 0. The maximum absolute atomic E-state index is 13.7. The highest BCUT2D eigenvalue weighted by molar-refractivity contribution is 5.49. The zero-order chi connectivity index (χ0) is 13.2. The van der Waals surface area contributed by atoms with Crippen molar-refractivity contribution in [2.75, 3.05) is 11.9 Å². The molecule has 1 N–H and O–H groups in total. The number of hydrogen-bond donors (Lipinski definition) is 1. The molecule has 1 aliphatic rings. The summed E-state index contributed by atoms with van der Waals surface area (Å²) >= 11 is 0. The van der Waals surface area contributed by atoms with E-state index in [1.807, 2.05) is 19.9 Å². The van der Waals surface area contributed by atoms with E-state index in [1.165, 1.54) is 6.07 Å². The van der Waals surface area contributed by atoms with E-state index in [0.29, 0.717) is 17.9 Å². The van der Waals surface area contributed by atoms with Crippen LogP contribution in [0, 0.1) is 17.1 Å². The Balaban J connectivity index is 2.08. The topological polar surface area (TPSA) is 45.0 Å². The van der Waals surface area contributed by atoms with E-state index < -0.39 is 0 Å². The van der Waals surface area contributed by atoms with Crippen molar-refractivity contribution < 1.29 is 9.13 Å². The molecule has 2 rings (SSSR count). The summed E-state index contributed by atoms with van der Waals surface area (Å²) in [6, 6.07) is 6.63. The molecule has 0 aliphatic carbocycles. The largest absolute Gasteiger partial charge is 0.380 e. The summed E-state index contributed by atoms with van der Waals surface area (Å²) in [5.41, 5.74) is 0.626. The molecule has 96 valence electrons. The van der Waals surface area contributed by atoms with Crippen LogP contribution in [0.25, 0.3) is 0 Å². The SMILES string of the molecule is CC1(C)CC(Nc2ccc(C#N)cc2F)CCO1. The molecule has 0 saturated carbocycles. The molecule has 0 bridgehead atoms. The lowest BCUT2D eigenvalue weighted by atomic mass is 9.94. The Bertz CT molecular complexity index is 479. The number of nitriles is 1. The Kier molecular flexibility index (Phi) is 3.53. The standard InChI is InChI=1S/C14H17FN2O/c1-14(2)8-11(5-6-18-14)17-13-4-3-10(9-16)7-12(13)15/h3-4,7,11,17H,5-6,8H2,1-2H3. The number of anilines is 1. The van der Waals surface area contributed by atoms with Gasteiger partial charge in [-0.25, -0.2) is 4.39 Å². The van der Waals surface area contributed by atoms with Crippen LogP contribution in [-0.2, 0) is 4.74 Å². The van der Waals surface area contributed by atoms with Gasteiger partial charge in [0.1, 0.15) is 5.82 Å². The fraction of sp³-hybridized carbons (Fsp3) is 0.500. The molecule has 0 radical (unpaired) electrons. The van der Waals surface area contributed by atoms with Gasteiger partial charge in [0.25, 0.3) is 0 Å². The fourth-order valence-electron chi connectivity index (χ4n) is 2.28. The van der Waals surface area contributed by atoms with Crippen LogP contribution in [0.3, 0.4) is 0 Å². The first-order valence-electron chi connectivity index (χ1n) is 6.10. The third-order valence-electron chi connectivity index (χ3n) is 3.15. The first-order valence-corrected chi connectivity index (χ1v) is 6.10. The monoisotopic (exact) mass is 248 g/mol. The van der Waals surface area contributed by atoms with Crippen LogP contribution in [0.4, 0.5) is 10.1 Å². The van der Waals surface area contributed by atoms with Gasteiger partial charge in [-0.2, -0.15) is 5.26 Å². The molecule has 1 aromatic carbocycles. The lowest BCUT2D eigenvalue weighted by molar-refractivity contribution is -0.0553. The molecule has 0 aromatic heterocycles. The van der Waals surface area contributed by atoms with Crippen LogP contribution in [-0.4, -0.2) is 18.2 Å². The van der Waals surface area contributed by atoms with E-state index in [4.69, 9.17) is 10.00 Å². The van der Waals surface area contributed by atoms with Crippen molar-refractivity contribution in [3.8, 4) is 6.07 Å². The molecule has 1 unspecified atom stereocenters. The molecule has 18 heavy (non-hydrogen) atoms. The Hall–Kier alpha value is -1.60. The van der Waals surface area contributed by atoms with Gasteiger partial charge in [-0.3, -0.25) is 0 Å². The maximum atomic E-state index is 13.7. The molecule has 3 nitrogen and oxygen atoms in total. The van der Waals surface area contributed by atoms with Crippen molar-refractivity contribution in [1.29, 1.82) is 5.26 Å². The zero-order valence-corrected chi connectivity index (χ0v) is 10.7. The van der Waals surface area contributed by atoms with Crippen LogP contribution in [0.1, 0.15) is 32.3 Å². The first-order chi connectivity index (χ1) is 8.50. The molecular weight excluding hydrogens is 231 g/mol. The fourth-order valence-corrected chi connectivity index (χ4v) is 2.28. The van der Waals surface area contributed by atoms with Crippen molar-refractivity contribution >= 4 is 5.69 Å². The predicted octanol–water partition coefficient (Wildman–Crippen LogP) is 3.07. The molecule has 1 saturated heterocycles. The molecule has 1 aliphatic heterocycles. The molecule has 1 aromatic rings. The van der Waals surface area contributed by atoms with Crippen LogP contribution in [0.2, 0.25) is 0 Å². The van der Waals surface area contributed by atoms with Crippen molar-refractivity contribution in [1.82, 2.24) is 0 Å². The summed E-state index contributed by atoms with van der Waals surface area (Å²) in [6.07, 6.45) is 1.70. The second kappa shape index (κ2) is 4.95. The van der Waals surface area contributed by atoms with Crippen molar-refractivity contribution in [3.63, 3.8) is 0 Å². The summed E-state index contributed by atoms with van der Waals surface area (Å²) in [5.74, 6) is -0.377. The summed E-state index contributed by atoms with van der Waals surface area (Å²) < 4.78 is 19.4. The molecule has 1 heterocycles. The highest BCUT2D eigenvalue weighted by Gasteiger charge is 2.29. The minimum atomic E-state index is -0.377. The third-order valence-corrected chi connectivity index (χ3v) is 3.15. The zero-order valence-electron chi connectivity index (χ0n) is 10.7. The van der Waals surface area contributed by atoms with Crippen molar-refractivity contribution in [2.24, 2.45) is 0 Å². The molecule has 1 atom stereocenters. The average molecular weight is 248 g/mol. The number of ether oxygens (including phenoxy) is 1. The quantitative estimate of drug-likeness (QED) is 0.874. The van der Waals surface area contributed by atoms with Gasteiger partial charge in [0.15, 0.2) is 0 Å². The number of rotatable bonds is 2. The smallest absolute Gasteiger partial charge is 0.147 e. The van der Waals surface area contributed by atoms with Gasteiger partial charge >= 0.3 is 0 Å². The van der Waals surface area contributed by atoms with E-state index in [2.05, 4.69) is 5.32 Å². The number of hydrogen-bond acceptors (Lipinski definition) is 3. The van der Waals surface area contributed by atoms with Gasteiger partial charge in [-0.05, 0) is 44.9 Å². The average Bonchev–Trinajstić information content (AvgIpc) is 2.30. The summed E-state index contributed by atoms with van der Waals surface area (Å²) in [7, 11) is 0. The Morgan fingerprint density at radius 1 is 1.50 bits per heavy atom. The lowest BCUT2D eigenvalue weighted by Gasteiger charge is -2.36. The Labute approximate surface area is 107 Å².